The number of nitrogens with one attached hydrogen (secondary N) is 1. The Morgan fingerprint density at radius 3 is 2.50 bits per heavy atom. The van der Waals surface area contributed by atoms with E-state index >= 15 is 0 Å². The van der Waals surface area contributed by atoms with Gasteiger partial charge in [0.05, 0.1) is 0 Å². The molecule has 0 atom stereocenters. The minimum Gasteiger partial charge on any atom is -0.338 e. The van der Waals surface area contributed by atoms with Crippen LogP contribution in [-0.2, 0) is 9.59 Å². The van der Waals surface area contributed by atoms with Crippen LogP contribution in [0.2, 0.25) is 0 Å². The molecular formula is C11H19N3O2. The van der Waals surface area contributed by atoms with Gasteiger partial charge in [0, 0.05) is 25.9 Å². The van der Waals surface area contributed by atoms with E-state index in [1.165, 1.54) is 0 Å². The molecule has 0 unspecified atom stereocenters. The first-order valence-corrected chi connectivity index (χ1v) is 5.72. The van der Waals surface area contributed by atoms with Crippen LogP contribution >= 0.6 is 0 Å². The Kier molecular flexibility index (Phi) is 4.46. The molecule has 0 aromatic rings. The van der Waals surface area contributed by atoms with Crippen molar-refractivity contribution in [3.05, 3.63) is 0 Å². The van der Waals surface area contributed by atoms with Gasteiger partial charge in [-0.15, -0.1) is 0 Å². The summed E-state index contributed by atoms with van der Waals surface area (Å²) in [6, 6.07) is 0.243. The maximum absolute atomic E-state index is 12.0. The van der Waals surface area contributed by atoms with E-state index in [0.29, 0.717) is 18.6 Å². The monoisotopic (exact) mass is 225 g/mol. The van der Waals surface area contributed by atoms with Crippen molar-refractivity contribution in [2.24, 2.45) is 5.10 Å². The van der Waals surface area contributed by atoms with Crippen LogP contribution in [0, 0.1) is 0 Å². The van der Waals surface area contributed by atoms with Crippen LogP contribution in [0.25, 0.3) is 0 Å². The maximum atomic E-state index is 12.0. The fraction of sp³-hybridized carbons (Fsp3) is 0.727. The van der Waals surface area contributed by atoms with E-state index in [1.54, 1.807) is 11.9 Å². The van der Waals surface area contributed by atoms with Crippen molar-refractivity contribution in [1.29, 1.82) is 0 Å². The number of carbonyl (C=O) groups excluding carboxylic acids is 2. The lowest BCUT2D eigenvalue weighted by atomic mass is 10.1. The largest absolute Gasteiger partial charge is 0.338 e. The Balaban J connectivity index is 2.67. The molecule has 1 aliphatic rings. The second-order valence-electron chi connectivity index (χ2n) is 3.98. The van der Waals surface area contributed by atoms with Gasteiger partial charge in [-0.05, 0) is 12.8 Å². The average Bonchev–Trinajstić information content (AvgIpc) is 2.30. The molecule has 0 aromatic heterocycles. The highest BCUT2D eigenvalue weighted by Gasteiger charge is 2.24. The first-order chi connectivity index (χ1) is 7.60. The quantitative estimate of drug-likeness (QED) is 0.772. The lowest BCUT2D eigenvalue weighted by Crippen LogP contribution is -2.43. The lowest BCUT2D eigenvalue weighted by molar-refractivity contribution is -0.125. The van der Waals surface area contributed by atoms with Gasteiger partial charge in [-0.25, -0.2) is 5.43 Å². The second-order valence-corrected chi connectivity index (χ2v) is 3.98. The second kappa shape index (κ2) is 5.63. The van der Waals surface area contributed by atoms with Crippen LogP contribution in [0.1, 0.15) is 39.5 Å². The van der Waals surface area contributed by atoms with Crippen molar-refractivity contribution in [1.82, 2.24) is 10.3 Å². The minimum atomic E-state index is -0.123. The van der Waals surface area contributed by atoms with E-state index in [-0.39, 0.29) is 17.9 Å². The predicted octanol–water partition coefficient (Wildman–Crippen LogP) is 0.899. The Bertz CT molecular complexity index is 308. The van der Waals surface area contributed by atoms with E-state index in [0.717, 1.165) is 12.8 Å². The van der Waals surface area contributed by atoms with Crippen LogP contribution in [0.4, 0.5) is 0 Å². The number of hydrogen-bond donors (Lipinski definition) is 1. The summed E-state index contributed by atoms with van der Waals surface area (Å²) in [4.78, 5) is 24.6. The lowest BCUT2D eigenvalue weighted by Gasteiger charge is -2.27. The van der Waals surface area contributed by atoms with Gasteiger partial charge in [0.15, 0.2) is 0 Å². The van der Waals surface area contributed by atoms with E-state index in [1.807, 2.05) is 0 Å². The molecule has 0 aliphatic carbocycles. The highest BCUT2D eigenvalue weighted by molar-refractivity contribution is 6.39. The van der Waals surface area contributed by atoms with Crippen molar-refractivity contribution in [2.45, 2.75) is 45.6 Å². The molecule has 1 rings (SSSR count). The zero-order valence-corrected chi connectivity index (χ0v) is 10.1. The Morgan fingerprint density at radius 2 is 2.06 bits per heavy atom. The molecule has 0 saturated carbocycles. The van der Waals surface area contributed by atoms with Gasteiger partial charge in [-0.1, -0.05) is 13.8 Å². The number of hydrazone groups is 1. The summed E-state index contributed by atoms with van der Waals surface area (Å²) in [6.45, 7) is 4.12. The van der Waals surface area contributed by atoms with E-state index in [2.05, 4.69) is 24.4 Å². The summed E-state index contributed by atoms with van der Waals surface area (Å²) in [5.41, 5.74) is 2.80. The van der Waals surface area contributed by atoms with Crippen LogP contribution in [0.5, 0.6) is 0 Å². The zero-order chi connectivity index (χ0) is 12.1. The van der Waals surface area contributed by atoms with Crippen molar-refractivity contribution in [3.63, 3.8) is 0 Å². The molecule has 0 spiro atoms. The molecule has 2 amide bonds. The van der Waals surface area contributed by atoms with Crippen molar-refractivity contribution in [3.8, 4) is 0 Å². The normalized spacial score (nSPS) is 15.8. The summed E-state index contributed by atoms with van der Waals surface area (Å²) in [5.74, 6) is -0.199. The average molecular weight is 225 g/mol. The molecule has 5 nitrogen and oxygen atoms in total. The third kappa shape index (κ3) is 2.81. The Morgan fingerprint density at radius 1 is 1.44 bits per heavy atom. The third-order valence-electron chi connectivity index (χ3n) is 2.96. The van der Waals surface area contributed by atoms with E-state index in [9.17, 15) is 9.59 Å². The van der Waals surface area contributed by atoms with Crippen LogP contribution in [0.3, 0.4) is 0 Å². The molecule has 1 heterocycles. The topological polar surface area (TPSA) is 61.8 Å². The van der Waals surface area contributed by atoms with Gasteiger partial charge >= 0.3 is 0 Å². The Hall–Kier alpha value is -1.39. The van der Waals surface area contributed by atoms with Gasteiger partial charge in [0.2, 0.25) is 5.91 Å². The van der Waals surface area contributed by atoms with E-state index in [4.69, 9.17) is 0 Å². The highest BCUT2D eigenvalue weighted by Crippen LogP contribution is 2.09. The summed E-state index contributed by atoms with van der Waals surface area (Å²) in [5, 5.41) is 3.81. The SMILES string of the molecule is CCC(CC)N(C)C(=O)C1=NNC(=O)CC1. The van der Waals surface area contributed by atoms with Crippen LogP contribution < -0.4 is 5.43 Å². The summed E-state index contributed by atoms with van der Waals surface area (Å²) >= 11 is 0. The number of amides is 2. The molecule has 5 heteroatoms. The maximum Gasteiger partial charge on any atom is 0.270 e. The molecule has 0 radical (unpaired) electrons. The van der Waals surface area contributed by atoms with Gasteiger partial charge in [-0.3, -0.25) is 9.59 Å². The van der Waals surface area contributed by atoms with E-state index < -0.39 is 0 Å². The number of nitrogens with zero attached hydrogens (tertiary/aromatic N) is 2. The van der Waals surface area contributed by atoms with Gasteiger partial charge in [0.25, 0.3) is 5.91 Å². The number of rotatable bonds is 4. The van der Waals surface area contributed by atoms with Crippen LogP contribution in [0.15, 0.2) is 5.10 Å². The van der Waals surface area contributed by atoms with Gasteiger partial charge < -0.3 is 4.90 Å². The fourth-order valence-corrected chi connectivity index (χ4v) is 1.83. The standard InChI is InChI=1S/C11H19N3O2/c1-4-8(5-2)14(3)11(16)9-6-7-10(15)13-12-9/h8H,4-7H2,1-3H3,(H,13,15). The molecule has 0 fully saturated rings. The molecule has 1 N–H and O–H groups in total. The molecule has 0 saturated heterocycles. The smallest absolute Gasteiger partial charge is 0.270 e. The summed E-state index contributed by atoms with van der Waals surface area (Å²) in [7, 11) is 1.79. The predicted molar refractivity (Wildman–Crippen MR) is 62.0 cm³/mol. The minimum absolute atomic E-state index is 0.0753. The highest BCUT2D eigenvalue weighted by atomic mass is 16.2. The number of hydrogen-bond acceptors (Lipinski definition) is 3. The molecule has 16 heavy (non-hydrogen) atoms. The first kappa shape index (κ1) is 12.7. The third-order valence-corrected chi connectivity index (χ3v) is 2.96. The van der Waals surface area contributed by atoms with Crippen molar-refractivity contribution in [2.75, 3.05) is 7.05 Å². The Labute approximate surface area is 95.9 Å². The van der Waals surface area contributed by atoms with Crippen molar-refractivity contribution >= 4 is 17.5 Å². The number of carbonyl (C=O) groups is 2. The van der Waals surface area contributed by atoms with Gasteiger partial charge in [0.1, 0.15) is 5.71 Å². The summed E-state index contributed by atoms with van der Waals surface area (Å²) < 4.78 is 0. The van der Waals surface area contributed by atoms with Gasteiger partial charge in [-0.2, -0.15) is 5.10 Å². The fourth-order valence-electron chi connectivity index (χ4n) is 1.83. The molecule has 0 aromatic carbocycles. The molecule has 0 bridgehead atoms. The molecule has 90 valence electrons. The van der Waals surface area contributed by atoms with Crippen molar-refractivity contribution < 1.29 is 9.59 Å². The first-order valence-electron chi connectivity index (χ1n) is 5.72. The summed E-state index contributed by atoms with van der Waals surface area (Å²) in [6.07, 6.45) is 2.65. The molecular weight excluding hydrogens is 206 g/mol. The molecule has 1 aliphatic heterocycles. The van der Waals surface area contributed by atoms with Crippen LogP contribution in [-0.4, -0.2) is 35.5 Å². The zero-order valence-electron chi connectivity index (χ0n) is 10.1.